The highest BCUT2D eigenvalue weighted by Crippen LogP contribution is 2.40. The smallest absolute Gasteiger partial charge is 0.321 e. The first-order valence-corrected chi connectivity index (χ1v) is 11.1. The van der Waals surface area contributed by atoms with Gasteiger partial charge in [0, 0.05) is 31.6 Å². The Morgan fingerprint density at radius 1 is 1.00 bits per heavy atom. The lowest BCUT2D eigenvalue weighted by molar-refractivity contribution is -0.122. The minimum Gasteiger partial charge on any atom is -0.493 e. The molecule has 1 unspecified atom stereocenters. The molecule has 2 N–H and O–H groups in total. The molecule has 8 heteroatoms. The fraction of sp³-hybridized carbons (Fsp3) is 0.440. The van der Waals surface area contributed by atoms with E-state index in [9.17, 15) is 9.59 Å². The monoisotopic (exact) mass is 455 g/mol. The molecule has 8 nitrogen and oxygen atoms in total. The van der Waals surface area contributed by atoms with Gasteiger partial charge in [-0.2, -0.15) is 0 Å². The third kappa shape index (κ3) is 6.31. The van der Waals surface area contributed by atoms with Crippen molar-refractivity contribution in [2.24, 2.45) is 5.92 Å². The molecule has 0 radical (unpaired) electrons. The van der Waals surface area contributed by atoms with E-state index in [0.29, 0.717) is 42.4 Å². The van der Waals surface area contributed by atoms with Crippen LogP contribution in [0.1, 0.15) is 37.8 Å². The van der Waals surface area contributed by atoms with Crippen LogP contribution in [0, 0.1) is 5.92 Å². The molecular weight excluding hydrogens is 422 g/mol. The Morgan fingerprint density at radius 3 is 2.15 bits per heavy atom. The van der Waals surface area contributed by atoms with Gasteiger partial charge in [0.15, 0.2) is 11.5 Å². The lowest BCUT2D eigenvalue weighted by atomic mass is 9.93. The second-order valence-corrected chi connectivity index (χ2v) is 8.18. The molecule has 2 aromatic carbocycles. The molecule has 0 bridgehead atoms. The lowest BCUT2D eigenvalue weighted by Gasteiger charge is -2.32. The zero-order chi connectivity index (χ0) is 23.8. The quantitative estimate of drug-likeness (QED) is 0.622. The third-order valence-electron chi connectivity index (χ3n) is 5.97. The molecule has 33 heavy (non-hydrogen) atoms. The Hall–Kier alpha value is -3.42. The van der Waals surface area contributed by atoms with Crippen molar-refractivity contribution in [3.05, 3.63) is 48.0 Å². The van der Waals surface area contributed by atoms with Crippen LogP contribution in [0.25, 0.3) is 0 Å². The number of carbonyl (C=O) groups is 2. The standard InChI is InChI=1S/C25H33N3O5/c1-17(19-8-6-5-7-9-19)26-23(29)14-18-10-12-28(13-11-18)25(30)27-20-15-21(31-2)24(33-4)22(16-20)32-3/h5-9,15-18H,10-14H2,1-4H3,(H,26,29)(H,27,30). The van der Waals surface area contributed by atoms with Gasteiger partial charge in [0.2, 0.25) is 11.7 Å². The molecule has 0 aliphatic carbocycles. The van der Waals surface area contributed by atoms with Crippen molar-refractivity contribution in [3.63, 3.8) is 0 Å². The van der Waals surface area contributed by atoms with Gasteiger partial charge in [-0.25, -0.2) is 4.79 Å². The van der Waals surface area contributed by atoms with Gasteiger partial charge in [-0.15, -0.1) is 0 Å². The molecule has 1 atom stereocenters. The zero-order valence-electron chi connectivity index (χ0n) is 19.7. The number of nitrogens with one attached hydrogen (secondary N) is 2. The van der Waals surface area contributed by atoms with Crippen LogP contribution in [0.2, 0.25) is 0 Å². The predicted molar refractivity (Wildman–Crippen MR) is 127 cm³/mol. The first-order valence-electron chi connectivity index (χ1n) is 11.1. The molecule has 1 aliphatic heterocycles. The van der Waals surface area contributed by atoms with Crippen LogP contribution in [0.4, 0.5) is 10.5 Å². The number of anilines is 1. The number of urea groups is 1. The molecule has 1 aliphatic rings. The number of hydrogen-bond acceptors (Lipinski definition) is 5. The highest BCUT2D eigenvalue weighted by atomic mass is 16.5. The SMILES string of the molecule is COc1cc(NC(=O)N2CCC(CC(=O)NC(C)c3ccccc3)CC2)cc(OC)c1OC. The number of nitrogens with zero attached hydrogens (tertiary/aromatic N) is 1. The van der Waals surface area contributed by atoms with E-state index in [4.69, 9.17) is 14.2 Å². The molecule has 1 fully saturated rings. The topological polar surface area (TPSA) is 89.1 Å². The summed E-state index contributed by atoms with van der Waals surface area (Å²) in [7, 11) is 4.60. The normalized spacial score (nSPS) is 14.8. The Bertz CT molecular complexity index is 917. The van der Waals surface area contributed by atoms with Gasteiger partial charge in [0.25, 0.3) is 0 Å². The van der Waals surface area contributed by atoms with E-state index in [-0.39, 0.29) is 23.9 Å². The van der Waals surface area contributed by atoms with E-state index in [1.165, 1.54) is 21.3 Å². The van der Waals surface area contributed by atoms with Crippen LogP contribution in [0.5, 0.6) is 17.2 Å². The maximum absolute atomic E-state index is 12.8. The number of rotatable bonds is 8. The number of likely N-dealkylation sites (tertiary alicyclic amines) is 1. The summed E-state index contributed by atoms with van der Waals surface area (Å²) < 4.78 is 16.0. The van der Waals surface area contributed by atoms with Crippen molar-refractivity contribution < 1.29 is 23.8 Å². The molecule has 3 amide bonds. The molecular formula is C25H33N3O5. The van der Waals surface area contributed by atoms with Crippen LogP contribution in [-0.2, 0) is 4.79 Å². The van der Waals surface area contributed by atoms with Crippen LogP contribution in [-0.4, -0.2) is 51.3 Å². The van der Waals surface area contributed by atoms with Crippen molar-refractivity contribution in [2.45, 2.75) is 32.2 Å². The van der Waals surface area contributed by atoms with E-state index < -0.39 is 0 Å². The molecule has 178 valence electrons. The largest absolute Gasteiger partial charge is 0.493 e. The summed E-state index contributed by atoms with van der Waals surface area (Å²) in [4.78, 5) is 27.0. The molecule has 0 saturated carbocycles. The first-order chi connectivity index (χ1) is 15.9. The highest BCUT2D eigenvalue weighted by Gasteiger charge is 2.25. The van der Waals surface area contributed by atoms with E-state index in [0.717, 1.165) is 18.4 Å². The fourth-order valence-corrected chi connectivity index (χ4v) is 4.08. The average molecular weight is 456 g/mol. The number of carbonyl (C=O) groups excluding carboxylic acids is 2. The summed E-state index contributed by atoms with van der Waals surface area (Å²) in [6.45, 7) is 3.19. The molecule has 0 aromatic heterocycles. The zero-order valence-corrected chi connectivity index (χ0v) is 19.7. The molecule has 2 aromatic rings. The van der Waals surface area contributed by atoms with Gasteiger partial charge in [0.05, 0.1) is 33.1 Å². The third-order valence-corrected chi connectivity index (χ3v) is 5.97. The van der Waals surface area contributed by atoms with E-state index in [1.54, 1.807) is 17.0 Å². The molecule has 1 saturated heterocycles. The number of methoxy groups -OCH3 is 3. The van der Waals surface area contributed by atoms with Crippen LogP contribution < -0.4 is 24.8 Å². The van der Waals surface area contributed by atoms with Crippen LogP contribution >= 0.6 is 0 Å². The van der Waals surface area contributed by atoms with E-state index >= 15 is 0 Å². The van der Waals surface area contributed by atoms with Crippen LogP contribution in [0.15, 0.2) is 42.5 Å². The van der Waals surface area contributed by atoms with Gasteiger partial charge in [-0.1, -0.05) is 30.3 Å². The number of ether oxygens (including phenoxy) is 3. The van der Waals surface area contributed by atoms with Crippen molar-refractivity contribution in [1.29, 1.82) is 0 Å². The number of amides is 3. The van der Waals surface area contributed by atoms with Crippen molar-refractivity contribution >= 4 is 17.6 Å². The Labute approximate surface area is 195 Å². The van der Waals surface area contributed by atoms with Crippen molar-refractivity contribution in [2.75, 3.05) is 39.7 Å². The summed E-state index contributed by atoms with van der Waals surface area (Å²) >= 11 is 0. The Morgan fingerprint density at radius 2 is 1.61 bits per heavy atom. The Kier molecular flexibility index (Phi) is 8.40. The first kappa shape index (κ1) is 24.2. The molecule has 0 spiro atoms. The average Bonchev–Trinajstić information content (AvgIpc) is 2.84. The summed E-state index contributed by atoms with van der Waals surface area (Å²) in [6.07, 6.45) is 2.05. The summed E-state index contributed by atoms with van der Waals surface area (Å²) in [5.74, 6) is 1.73. The van der Waals surface area contributed by atoms with Gasteiger partial charge in [-0.05, 0) is 31.2 Å². The minimum atomic E-state index is -0.190. The summed E-state index contributed by atoms with van der Waals surface area (Å²) in [5.41, 5.74) is 1.65. The van der Waals surface area contributed by atoms with Gasteiger partial charge >= 0.3 is 6.03 Å². The maximum atomic E-state index is 12.8. The Balaban J connectivity index is 1.49. The van der Waals surface area contributed by atoms with E-state index in [2.05, 4.69) is 10.6 Å². The second kappa shape index (κ2) is 11.4. The number of benzene rings is 2. The second-order valence-electron chi connectivity index (χ2n) is 8.18. The van der Waals surface area contributed by atoms with Crippen molar-refractivity contribution in [3.8, 4) is 17.2 Å². The number of piperidine rings is 1. The molecule has 3 rings (SSSR count). The predicted octanol–water partition coefficient (Wildman–Crippen LogP) is 4.22. The van der Waals surface area contributed by atoms with Gasteiger partial charge in [-0.3, -0.25) is 4.79 Å². The highest BCUT2D eigenvalue weighted by molar-refractivity contribution is 5.90. The lowest BCUT2D eigenvalue weighted by Crippen LogP contribution is -2.42. The number of hydrogen-bond donors (Lipinski definition) is 2. The van der Waals surface area contributed by atoms with Crippen molar-refractivity contribution in [1.82, 2.24) is 10.2 Å². The minimum absolute atomic E-state index is 0.0250. The maximum Gasteiger partial charge on any atom is 0.321 e. The summed E-state index contributed by atoms with van der Waals surface area (Å²) in [6, 6.07) is 13.1. The summed E-state index contributed by atoms with van der Waals surface area (Å²) in [5, 5.41) is 5.98. The van der Waals surface area contributed by atoms with E-state index in [1.807, 2.05) is 37.3 Å². The van der Waals surface area contributed by atoms with Crippen LogP contribution in [0.3, 0.4) is 0 Å². The van der Waals surface area contributed by atoms with Gasteiger partial charge < -0.3 is 29.7 Å². The van der Waals surface area contributed by atoms with Gasteiger partial charge in [0.1, 0.15) is 0 Å². The fourth-order valence-electron chi connectivity index (χ4n) is 4.08. The molecule has 1 heterocycles.